The maximum Gasteiger partial charge on any atom is 0.257 e. The number of phenolic OH excluding ortho intramolecular Hbond substituents is 1. The quantitative estimate of drug-likeness (QED) is 0.845. The monoisotopic (exact) mass is 255 g/mol. The van der Waals surface area contributed by atoms with E-state index in [1.165, 1.54) is 12.1 Å². The second-order valence-corrected chi connectivity index (χ2v) is 4.58. The molecule has 1 aliphatic heterocycles. The first kappa shape index (κ1) is 12.2. The number of hydrogen-bond acceptors (Lipinski definition) is 3. The van der Waals surface area contributed by atoms with Crippen molar-refractivity contribution in [2.24, 2.45) is 0 Å². The van der Waals surface area contributed by atoms with Gasteiger partial charge in [0.2, 0.25) is 0 Å². The van der Waals surface area contributed by atoms with Crippen molar-refractivity contribution < 1.29 is 15.0 Å². The first-order valence-corrected chi connectivity index (χ1v) is 5.91. The average Bonchev–Trinajstić information content (AvgIpc) is 2.76. The number of amides is 1. The van der Waals surface area contributed by atoms with E-state index in [1.54, 1.807) is 11.0 Å². The lowest BCUT2D eigenvalue weighted by molar-refractivity contribution is 0.0674. The number of likely N-dealkylation sites (tertiary alicyclic amines) is 1. The van der Waals surface area contributed by atoms with Gasteiger partial charge in [-0.2, -0.15) is 0 Å². The van der Waals surface area contributed by atoms with Crippen LogP contribution in [0.2, 0.25) is 5.02 Å². The van der Waals surface area contributed by atoms with E-state index in [1.807, 2.05) is 0 Å². The topological polar surface area (TPSA) is 60.8 Å². The largest absolute Gasteiger partial charge is 0.507 e. The minimum absolute atomic E-state index is 0.0416. The third kappa shape index (κ3) is 2.37. The minimum Gasteiger partial charge on any atom is -0.507 e. The summed E-state index contributed by atoms with van der Waals surface area (Å²) in [5.74, 6) is -0.373. The van der Waals surface area contributed by atoms with Gasteiger partial charge >= 0.3 is 0 Å². The first-order valence-electron chi connectivity index (χ1n) is 5.54. The third-order valence-corrected chi connectivity index (χ3v) is 3.27. The highest BCUT2D eigenvalue weighted by Gasteiger charge is 2.29. The van der Waals surface area contributed by atoms with Crippen LogP contribution in [0.25, 0.3) is 0 Å². The number of rotatable bonds is 2. The molecule has 5 heteroatoms. The smallest absolute Gasteiger partial charge is 0.257 e. The Kier molecular flexibility index (Phi) is 3.54. The van der Waals surface area contributed by atoms with E-state index in [0.29, 0.717) is 11.6 Å². The highest BCUT2D eigenvalue weighted by molar-refractivity contribution is 6.30. The number of aliphatic hydroxyl groups excluding tert-OH is 1. The Morgan fingerprint density at radius 3 is 2.94 bits per heavy atom. The summed E-state index contributed by atoms with van der Waals surface area (Å²) in [6.45, 7) is 0.576. The molecule has 1 atom stereocenters. The SMILES string of the molecule is O=C(c1ccc(Cl)cc1O)N1CCCC1CO. The van der Waals surface area contributed by atoms with Gasteiger partial charge in [-0.25, -0.2) is 0 Å². The third-order valence-electron chi connectivity index (χ3n) is 3.04. The van der Waals surface area contributed by atoms with Gasteiger partial charge < -0.3 is 15.1 Å². The molecule has 0 aromatic heterocycles. The number of carbonyl (C=O) groups is 1. The Balaban J connectivity index is 2.24. The van der Waals surface area contributed by atoms with Gasteiger partial charge in [0.25, 0.3) is 5.91 Å². The highest BCUT2D eigenvalue weighted by atomic mass is 35.5. The van der Waals surface area contributed by atoms with Crippen molar-refractivity contribution in [3.63, 3.8) is 0 Å². The van der Waals surface area contributed by atoms with Crippen molar-refractivity contribution in [2.45, 2.75) is 18.9 Å². The Morgan fingerprint density at radius 1 is 1.53 bits per heavy atom. The molecule has 0 aliphatic carbocycles. The number of benzene rings is 1. The maximum atomic E-state index is 12.2. The van der Waals surface area contributed by atoms with Gasteiger partial charge in [-0.1, -0.05) is 11.6 Å². The predicted octanol–water partition coefficient (Wildman–Crippen LogP) is 1.64. The molecule has 92 valence electrons. The Labute approximate surface area is 104 Å². The summed E-state index contributed by atoms with van der Waals surface area (Å²) in [6, 6.07) is 4.28. The van der Waals surface area contributed by atoms with Crippen LogP contribution in [-0.2, 0) is 0 Å². The van der Waals surface area contributed by atoms with Crippen LogP contribution in [0.3, 0.4) is 0 Å². The van der Waals surface area contributed by atoms with Crippen LogP contribution in [-0.4, -0.2) is 40.2 Å². The molecule has 0 bridgehead atoms. The molecular formula is C12H14ClNO3. The molecule has 0 spiro atoms. The van der Waals surface area contributed by atoms with Crippen LogP contribution >= 0.6 is 11.6 Å². The molecule has 0 saturated carbocycles. The van der Waals surface area contributed by atoms with E-state index in [-0.39, 0.29) is 29.9 Å². The second-order valence-electron chi connectivity index (χ2n) is 4.14. The van der Waals surface area contributed by atoms with Crippen molar-refractivity contribution >= 4 is 17.5 Å². The lowest BCUT2D eigenvalue weighted by Crippen LogP contribution is -2.37. The van der Waals surface area contributed by atoms with Crippen LogP contribution in [0.4, 0.5) is 0 Å². The number of aromatic hydroxyl groups is 1. The highest BCUT2D eigenvalue weighted by Crippen LogP contribution is 2.26. The van der Waals surface area contributed by atoms with Crippen LogP contribution in [0.1, 0.15) is 23.2 Å². The van der Waals surface area contributed by atoms with Gasteiger partial charge in [0.15, 0.2) is 0 Å². The molecule has 1 fully saturated rings. The van der Waals surface area contributed by atoms with E-state index in [9.17, 15) is 9.90 Å². The molecule has 1 aromatic carbocycles. The minimum atomic E-state index is -0.254. The summed E-state index contributed by atoms with van der Waals surface area (Å²) in [5.41, 5.74) is 0.231. The van der Waals surface area contributed by atoms with Crippen molar-refractivity contribution in [3.8, 4) is 5.75 Å². The summed E-state index contributed by atoms with van der Waals surface area (Å²) in [4.78, 5) is 13.8. The Bertz CT molecular complexity index is 436. The van der Waals surface area contributed by atoms with E-state index in [2.05, 4.69) is 0 Å². The molecule has 1 aliphatic rings. The van der Waals surface area contributed by atoms with Crippen molar-refractivity contribution in [1.82, 2.24) is 4.90 Å². The van der Waals surface area contributed by atoms with Gasteiger partial charge in [-0.05, 0) is 31.0 Å². The van der Waals surface area contributed by atoms with Crippen molar-refractivity contribution in [1.29, 1.82) is 0 Å². The Morgan fingerprint density at radius 2 is 2.29 bits per heavy atom. The number of phenols is 1. The summed E-state index contributed by atoms with van der Waals surface area (Å²) in [7, 11) is 0. The fraction of sp³-hybridized carbons (Fsp3) is 0.417. The molecule has 1 saturated heterocycles. The predicted molar refractivity (Wildman–Crippen MR) is 64.3 cm³/mol. The maximum absolute atomic E-state index is 12.2. The molecule has 0 radical (unpaired) electrons. The van der Waals surface area contributed by atoms with Gasteiger partial charge in [0.05, 0.1) is 18.2 Å². The van der Waals surface area contributed by atoms with Crippen LogP contribution in [0.15, 0.2) is 18.2 Å². The standard InChI is InChI=1S/C12H14ClNO3/c13-8-3-4-10(11(16)6-8)12(17)14-5-1-2-9(14)7-15/h3-4,6,9,15-16H,1-2,5,7H2. The number of carbonyl (C=O) groups excluding carboxylic acids is 1. The second kappa shape index (κ2) is 4.94. The van der Waals surface area contributed by atoms with Crippen LogP contribution in [0.5, 0.6) is 5.75 Å². The van der Waals surface area contributed by atoms with Crippen LogP contribution < -0.4 is 0 Å². The zero-order chi connectivity index (χ0) is 12.4. The number of hydrogen-bond donors (Lipinski definition) is 2. The molecular weight excluding hydrogens is 242 g/mol. The Hall–Kier alpha value is -1.26. The molecule has 2 rings (SSSR count). The zero-order valence-corrected chi connectivity index (χ0v) is 10.0. The summed E-state index contributed by atoms with van der Waals surface area (Å²) >= 11 is 5.71. The number of nitrogens with zero attached hydrogens (tertiary/aromatic N) is 1. The molecule has 4 nitrogen and oxygen atoms in total. The fourth-order valence-corrected chi connectivity index (χ4v) is 2.30. The normalized spacial score (nSPS) is 19.6. The fourth-order valence-electron chi connectivity index (χ4n) is 2.13. The molecule has 1 amide bonds. The van der Waals surface area contributed by atoms with Gasteiger partial charge in [-0.3, -0.25) is 4.79 Å². The number of halogens is 1. The summed E-state index contributed by atoms with van der Waals surface area (Å²) < 4.78 is 0. The number of aliphatic hydroxyl groups is 1. The van der Waals surface area contributed by atoms with Gasteiger partial charge in [0.1, 0.15) is 5.75 Å². The lowest BCUT2D eigenvalue weighted by Gasteiger charge is -2.23. The summed E-state index contributed by atoms with van der Waals surface area (Å²) in [6.07, 6.45) is 1.68. The van der Waals surface area contributed by atoms with Crippen LogP contribution in [0, 0.1) is 0 Å². The van der Waals surface area contributed by atoms with Gasteiger partial charge in [0, 0.05) is 11.6 Å². The van der Waals surface area contributed by atoms with E-state index >= 15 is 0 Å². The molecule has 17 heavy (non-hydrogen) atoms. The molecule has 1 heterocycles. The van der Waals surface area contributed by atoms with E-state index in [0.717, 1.165) is 12.8 Å². The van der Waals surface area contributed by atoms with Crippen molar-refractivity contribution in [2.75, 3.05) is 13.2 Å². The summed E-state index contributed by atoms with van der Waals surface area (Å²) in [5, 5.41) is 19.2. The molecule has 1 unspecified atom stereocenters. The average molecular weight is 256 g/mol. The lowest BCUT2D eigenvalue weighted by atomic mass is 10.1. The van der Waals surface area contributed by atoms with E-state index in [4.69, 9.17) is 16.7 Å². The first-order chi connectivity index (χ1) is 8.13. The van der Waals surface area contributed by atoms with Crippen molar-refractivity contribution in [3.05, 3.63) is 28.8 Å². The van der Waals surface area contributed by atoms with E-state index < -0.39 is 0 Å². The zero-order valence-electron chi connectivity index (χ0n) is 9.27. The molecule has 2 N–H and O–H groups in total. The van der Waals surface area contributed by atoms with Gasteiger partial charge in [-0.15, -0.1) is 0 Å². The molecule has 1 aromatic rings.